The fraction of sp³-hybridized carbons (Fsp3) is 0.500. The number of carbonyl (C=O) groups excluding carboxylic acids is 1. The minimum absolute atomic E-state index is 0.00816. The first-order valence-corrected chi connectivity index (χ1v) is 7.62. The number of furan rings is 1. The van der Waals surface area contributed by atoms with E-state index < -0.39 is 0 Å². The average Bonchev–Trinajstić information content (AvgIpc) is 3.10. The molecule has 0 spiro atoms. The molecule has 0 aliphatic rings. The number of carbonyl (C=O) groups is 1. The molecule has 0 aliphatic heterocycles. The van der Waals surface area contributed by atoms with Crippen LogP contribution in [-0.2, 0) is 7.05 Å². The number of rotatable bonds is 6. The first-order valence-electron chi connectivity index (χ1n) is 7.62. The molecule has 0 bridgehead atoms. The highest BCUT2D eigenvalue weighted by Crippen LogP contribution is 2.18. The molecule has 2 heterocycles. The molecule has 0 aliphatic carbocycles. The molecule has 23 heavy (non-hydrogen) atoms. The van der Waals surface area contributed by atoms with E-state index in [-0.39, 0.29) is 18.1 Å². The van der Waals surface area contributed by atoms with Crippen molar-refractivity contribution in [3.05, 3.63) is 41.6 Å². The number of aryl methyl sites for hydroxylation is 1. The van der Waals surface area contributed by atoms with Crippen molar-refractivity contribution in [2.45, 2.75) is 25.9 Å². The Morgan fingerprint density at radius 1 is 1.48 bits per heavy atom. The van der Waals surface area contributed by atoms with Gasteiger partial charge in [-0.1, -0.05) is 0 Å². The fourth-order valence-corrected chi connectivity index (χ4v) is 2.47. The Morgan fingerprint density at radius 3 is 2.74 bits per heavy atom. The molecule has 2 atom stereocenters. The Balaban J connectivity index is 1.90. The lowest BCUT2D eigenvalue weighted by molar-refractivity contribution is 0.223. The third-order valence-electron chi connectivity index (χ3n) is 4.04. The van der Waals surface area contributed by atoms with Crippen LogP contribution in [0, 0.1) is 6.92 Å². The van der Waals surface area contributed by atoms with Gasteiger partial charge >= 0.3 is 6.03 Å². The van der Waals surface area contributed by atoms with E-state index in [1.165, 1.54) is 0 Å². The molecule has 2 unspecified atom stereocenters. The van der Waals surface area contributed by atoms with Crippen LogP contribution in [0.15, 0.2) is 29.0 Å². The molecule has 2 aromatic heterocycles. The van der Waals surface area contributed by atoms with Crippen LogP contribution in [0.1, 0.15) is 36.0 Å². The quantitative estimate of drug-likeness (QED) is 0.854. The van der Waals surface area contributed by atoms with E-state index in [1.54, 1.807) is 17.1 Å². The first-order chi connectivity index (χ1) is 10.9. The van der Waals surface area contributed by atoms with Crippen LogP contribution in [0.4, 0.5) is 4.79 Å². The van der Waals surface area contributed by atoms with Crippen LogP contribution in [0.2, 0.25) is 0 Å². The first kappa shape index (κ1) is 17.1. The zero-order chi connectivity index (χ0) is 17.0. The monoisotopic (exact) mass is 319 g/mol. The summed E-state index contributed by atoms with van der Waals surface area (Å²) < 4.78 is 7.23. The maximum atomic E-state index is 12.1. The summed E-state index contributed by atoms with van der Waals surface area (Å²) >= 11 is 0. The second kappa shape index (κ2) is 7.32. The van der Waals surface area contributed by atoms with E-state index in [0.717, 1.165) is 17.0 Å². The summed E-state index contributed by atoms with van der Waals surface area (Å²) in [5.74, 6) is 0.825. The lowest BCUT2D eigenvalue weighted by Crippen LogP contribution is -2.41. The molecular weight excluding hydrogens is 294 g/mol. The number of amides is 2. The van der Waals surface area contributed by atoms with Gasteiger partial charge in [0.25, 0.3) is 0 Å². The van der Waals surface area contributed by atoms with Crippen molar-refractivity contribution in [3.63, 3.8) is 0 Å². The molecule has 0 aromatic carbocycles. The van der Waals surface area contributed by atoms with Crippen LogP contribution in [0.25, 0.3) is 0 Å². The summed E-state index contributed by atoms with van der Waals surface area (Å²) in [5.41, 5.74) is 2.05. The normalized spacial score (nSPS) is 13.8. The molecule has 0 saturated carbocycles. The lowest BCUT2D eigenvalue weighted by atomic mass is 10.1. The number of nitrogens with zero attached hydrogens (tertiary/aromatic N) is 3. The van der Waals surface area contributed by atoms with Gasteiger partial charge in [-0.25, -0.2) is 4.79 Å². The predicted octanol–water partition coefficient (Wildman–Crippen LogP) is 1.98. The highest BCUT2D eigenvalue weighted by molar-refractivity contribution is 5.74. The number of aromatic nitrogens is 2. The Hall–Kier alpha value is -2.28. The highest BCUT2D eigenvalue weighted by Gasteiger charge is 2.19. The molecule has 7 heteroatoms. The van der Waals surface area contributed by atoms with E-state index in [9.17, 15) is 4.79 Å². The van der Waals surface area contributed by atoms with Gasteiger partial charge in [0, 0.05) is 24.8 Å². The van der Waals surface area contributed by atoms with E-state index in [0.29, 0.717) is 6.54 Å². The van der Waals surface area contributed by atoms with Crippen LogP contribution < -0.4 is 10.6 Å². The van der Waals surface area contributed by atoms with Gasteiger partial charge in [0.1, 0.15) is 5.76 Å². The molecule has 0 radical (unpaired) electrons. The van der Waals surface area contributed by atoms with E-state index >= 15 is 0 Å². The average molecular weight is 319 g/mol. The van der Waals surface area contributed by atoms with Crippen molar-refractivity contribution >= 4 is 6.03 Å². The maximum Gasteiger partial charge on any atom is 0.315 e. The van der Waals surface area contributed by atoms with Crippen molar-refractivity contribution in [1.82, 2.24) is 25.3 Å². The van der Waals surface area contributed by atoms with Crippen LogP contribution >= 0.6 is 0 Å². The summed E-state index contributed by atoms with van der Waals surface area (Å²) in [6.45, 7) is 4.39. The second-order valence-corrected chi connectivity index (χ2v) is 5.88. The van der Waals surface area contributed by atoms with Crippen LogP contribution in [-0.4, -0.2) is 41.4 Å². The molecule has 0 saturated heterocycles. The number of hydrogen-bond acceptors (Lipinski definition) is 4. The molecule has 0 fully saturated rings. The van der Waals surface area contributed by atoms with Gasteiger partial charge in [-0.15, -0.1) is 0 Å². The zero-order valence-corrected chi connectivity index (χ0v) is 14.3. The van der Waals surface area contributed by atoms with Crippen molar-refractivity contribution in [2.24, 2.45) is 7.05 Å². The van der Waals surface area contributed by atoms with Crippen molar-refractivity contribution in [1.29, 1.82) is 0 Å². The number of hydrogen-bond donors (Lipinski definition) is 2. The van der Waals surface area contributed by atoms with Gasteiger partial charge in [-0.3, -0.25) is 9.58 Å². The Labute approximate surface area is 136 Å². The summed E-state index contributed by atoms with van der Waals surface area (Å²) in [4.78, 5) is 14.2. The van der Waals surface area contributed by atoms with Crippen molar-refractivity contribution in [3.8, 4) is 0 Å². The lowest BCUT2D eigenvalue weighted by Gasteiger charge is -2.23. The molecule has 126 valence electrons. The van der Waals surface area contributed by atoms with Gasteiger partial charge in [0.15, 0.2) is 0 Å². The summed E-state index contributed by atoms with van der Waals surface area (Å²) in [6.07, 6.45) is 3.42. The topological polar surface area (TPSA) is 75.3 Å². The minimum atomic E-state index is -0.209. The number of urea groups is 1. The van der Waals surface area contributed by atoms with E-state index in [4.69, 9.17) is 4.42 Å². The van der Waals surface area contributed by atoms with Gasteiger partial charge < -0.3 is 15.1 Å². The predicted molar refractivity (Wildman–Crippen MR) is 88.0 cm³/mol. The smallest absolute Gasteiger partial charge is 0.315 e. The van der Waals surface area contributed by atoms with Crippen molar-refractivity contribution < 1.29 is 9.21 Å². The van der Waals surface area contributed by atoms with Gasteiger partial charge in [0.05, 0.1) is 24.5 Å². The highest BCUT2D eigenvalue weighted by atomic mass is 16.3. The van der Waals surface area contributed by atoms with E-state index in [1.807, 2.05) is 52.0 Å². The Morgan fingerprint density at radius 2 is 2.22 bits per heavy atom. The van der Waals surface area contributed by atoms with Gasteiger partial charge in [0.2, 0.25) is 0 Å². The SMILES string of the molecule is Cc1c(C(C)NC(=O)NCC(c2ccco2)N(C)C)cnn1C. The molecule has 2 aromatic rings. The third-order valence-corrected chi connectivity index (χ3v) is 4.04. The van der Waals surface area contributed by atoms with Gasteiger partial charge in [-0.05, 0) is 40.1 Å². The summed E-state index contributed by atoms with van der Waals surface area (Å²) in [5, 5.41) is 10.0. The molecule has 2 N–H and O–H groups in total. The summed E-state index contributed by atoms with van der Waals surface area (Å²) in [7, 11) is 5.79. The Kier molecular flexibility index (Phi) is 5.44. The minimum Gasteiger partial charge on any atom is -0.468 e. The number of likely N-dealkylation sites (N-methyl/N-ethyl adjacent to an activating group) is 1. The second-order valence-electron chi connectivity index (χ2n) is 5.88. The molecule has 2 rings (SSSR count). The molecular formula is C16H25N5O2. The number of nitrogens with one attached hydrogen (secondary N) is 2. The molecule has 2 amide bonds. The summed E-state index contributed by atoms with van der Waals surface area (Å²) in [6, 6.07) is 3.43. The van der Waals surface area contributed by atoms with Gasteiger partial charge in [-0.2, -0.15) is 5.10 Å². The third kappa shape index (κ3) is 4.13. The Bertz CT molecular complexity index is 633. The fourth-order valence-electron chi connectivity index (χ4n) is 2.47. The van der Waals surface area contributed by atoms with Crippen LogP contribution in [0.5, 0.6) is 0 Å². The largest absolute Gasteiger partial charge is 0.468 e. The standard InChI is InChI=1S/C16H25N5O2/c1-11(13-9-18-21(5)12(13)2)19-16(22)17-10-14(20(3)4)15-7-6-8-23-15/h6-9,11,14H,10H2,1-5H3,(H2,17,19,22). The maximum absolute atomic E-state index is 12.1. The zero-order valence-electron chi connectivity index (χ0n) is 14.3. The van der Waals surface area contributed by atoms with Crippen molar-refractivity contribution in [2.75, 3.05) is 20.6 Å². The van der Waals surface area contributed by atoms with Crippen LogP contribution in [0.3, 0.4) is 0 Å². The van der Waals surface area contributed by atoms with E-state index in [2.05, 4.69) is 15.7 Å². The molecule has 7 nitrogen and oxygen atoms in total.